The molecule has 0 saturated carbocycles. The summed E-state index contributed by atoms with van der Waals surface area (Å²) in [4.78, 5) is 25.9. The Bertz CT molecular complexity index is 786. The molecular formula is C21H24N2O3. The van der Waals surface area contributed by atoms with Crippen LogP contribution in [0.15, 0.2) is 48.5 Å². The summed E-state index contributed by atoms with van der Waals surface area (Å²) < 4.78 is 5.42. The van der Waals surface area contributed by atoms with E-state index in [-0.39, 0.29) is 18.4 Å². The number of carbonyl (C=O) groups is 2. The minimum atomic E-state index is -0.170. The van der Waals surface area contributed by atoms with Crippen LogP contribution in [-0.2, 0) is 4.79 Å². The maximum absolute atomic E-state index is 12.7. The molecule has 0 aliphatic carbocycles. The largest absolute Gasteiger partial charge is 0.484 e. The van der Waals surface area contributed by atoms with E-state index in [1.165, 1.54) is 0 Å². The minimum Gasteiger partial charge on any atom is -0.484 e. The van der Waals surface area contributed by atoms with Gasteiger partial charge in [-0.1, -0.05) is 24.3 Å². The summed E-state index contributed by atoms with van der Waals surface area (Å²) in [6.07, 6.45) is 2.15. The van der Waals surface area contributed by atoms with Gasteiger partial charge in [0.1, 0.15) is 5.75 Å². The Morgan fingerprint density at radius 1 is 1.15 bits per heavy atom. The van der Waals surface area contributed by atoms with Crippen molar-refractivity contribution in [3.05, 3.63) is 54.1 Å². The van der Waals surface area contributed by atoms with Gasteiger partial charge in [-0.15, -0.1) is 0 Å². The minimum absolute atomic E-state index is 0.00610. The van der Waals surface area contributed by atoms with E-state index in [4.69, 9.17) is 4.74 Å². The van der Waals surface area contributed by atoms with Gasteiger partial charge in [0.15, 0.2) is 6.61 Å². The number of rotatable bonds is 5. The molecule has 136 valence electrons. The number of nitrogens with one attached hydrogen (secondary N) is 1. The molecule has 0 aromatic heterocycles. The summed E-state index contributed by atoms with van der Waals surface area (Å²) in [7, 11) is 1.58. The molecule has 0 radical (unpaired) electrons. The summed E-state index contributed by atoms with van der Waals surface area (Å²) in [6.45, 7) is 2.93. The average molecular weight is 352 g/mol. The molecule has 1 N–H and O–H groups in total. The van der Waals surface area contributed by atoms with Crippen LogP contribution in [0.5, 0.6) is 5.75 Å². The molecule has 1 aliphatic rings. The highest BCUT2D eigenvalue weighted by Gasteiger charge is 2.25. The molecule has 1 heterocycles. The van der Waals surface area contributed by atoms with Gasteiger partial charge >= 0.3 is 0 Å². The van der Waals surface area contributed by atoms with Crippen molar-refractivity contribution >= 4 is 11.8 Å². The molecule has 1 atom stereocenters. The molecule has 2 amide bonds. The van der Waals surface area contributed by atoms with Gasteiger partial charge < -0.3 is 15.0 Å². The van der Waals surface area contributed by atoms with Crippen LogP contribution < -0.4 is 10.1 Å². The first kappa shape index (κ1) is 18.0. The Hall–Kier alpha value is -2.82. The van der Waals surface area contributed by atoms with Crippen LogP contribution in [-0.4, -0.2) is 43.0 Å². The van der Waals surface area contributed by atoms with Gasteiger partial charge in [-0.3, -0.25) is 9.59 Å². The van der Waals surface area contributed by atoms with E-state index >= 15 is 0 Å². The molecule has 1 fully saturated rings. The molecule has 2 aromatic carbocycles. The third-order valence-corrected chi connectivity index (χ3v) is 4.76. The predicted octanol–water partition coefficient (Wildman–Crippen LogP) is 3.10. The SMILES string of the molecule is CNC(=O)COc1ccc(-c2cccc(C(=O)N3CCCC3C)c2)cc1. The van der Waals surface area contributed by atoms with Crippen molar-refractivity contribution in [3.63, 3.8) is 0 Å². The number of amides is 2. The fourth-order valence-corrected chi connectivity index (χ4v) is 3.20. The predicted molar refractivity (Wildman–Crippen MR) is 101 cm³/mol. The van der Waals surface area contributed by atoms with Gasteiger partial charge in [0.2, 0.25) is 0 Å². The van der Waals surface area contributed by atoms with E-state index < -0.39 is 0 Å². The second kappa shape index (κ2) is 8.04. The normalized spacial score (nSPS) is 16.4. The molecule has 5 nitrogen and oxygen atoms in total. The van der Waals surface area contributed by atoms with Crippen molar-refractivity contribution < 1.29 is 14.3 Å². The molecule has 1 saturated heterocycles. The van der Waals surface area contributed by atoms with Crippen LogP contribution in [0.25, 0.3) is 11.1 Å². The van der Waals surface area contributed by atoms with Gasteiger partial charge in [0.25, 0.3) is 11.8 Å². The summed E-state index contributed by atoms with van der Waals surface area (Å²) in [6, 6.07) is 15.5. The lowest BCUT2D eigenvalue weighted by molar-refractivity contribution is -0.122. The van der Waals surface area contributed by atoms with E-state index in [1.807, 2.05) is 53.4 Å². The second-order valence-corrected chi connectivity index (χ2v) is 6.56. The number of likely N-dealkylation sites (tertiary alicyclic amines) is 1. The van der Waals surface area contributed by atoms with Crippen molar-refractivity contribution in [1.29, 1.82) is 0 Å². The second-order valence-electron chi connectivity index (χ2n) is 6.56. The zero-order valence-corrected chi connectivity index (χ0v) is 15.2. The van der Waals surface area contributed by atoms with Crippen LogP contribution in [0.3, 0.4) is 0 Å². The van der Waals surface area contributed by atoms with E-state index in [0.29, 0.717) is 11.8 Å². The molecule has 1 aliphatic heterocycles. The molecule has 5 heteroatoms. The van der Waals surface area contributed by atoms with Crippen molar-refractivity contribution in [2.75, 3.05) is 20.2 Å². The number of nitrogens with zero attached hydrogens (tertiary/aromatic N) is 1. The number of hydrogen-bond acceptors (Lipinski definition) is 3. The molecular weight excluding hydrogens is 328 g/mol. The smallest absolute Gasteiger partial charge is 0.257 e. The standard InChI is InChI=1S/C21H24N2O3/c1-15-5-4-12-23(15)21(25)18-7-3-6-17(13-18)16-8-10-19(11-9-16)26-14-20(24)22-2/h3,6-11,13,15H,4-5,12,14H2,1-2H3,(H,22,24). The lowest BCUT2D eigenvalue weighted by Gasteiger charge is -2.21. The molecule has 0 spiro atoms. The zero-order chi connectivity index (χ0) is 18.5. The Morgan fingerprint density at radius 2 is 1.92 bits per heavy atom. The van der Waals surface area contributed by atoms with Gasteiger partial charge in [0, 0.05) is 25.2 Å². The third-order valence-electron chi connectivity index (χ3n) is 4.76. The Labute approximate surface area is 154 Å². The number of ether oxygens (including phenoxy) is 1. The molecule has 0 bridgehead atoms. The van der Waals surface area contributed by atoms with Crippen LogP contribution in [0.2, 0.25) is 0 Å². The van der Waals surface area contributed by atoms with Crippen LogP contribution in [0, 0.1) is 0 Å². The topological polar surface area (TPSA) is 58.6 Å². The fourth-order valence-electron chi connectivity index (χ4n) is 3.20. The maximum atomic E-state index is 12.7. The van der Waals surface area contributed by atoms with Crippen molar-refractivity contribution in [2.45, 2.75) is 25.8 Å². The van der Waals surface area contributed by atoms with Gasteiger partial charge in [-0.2, -0.15) is 0 Å². The highest BCUT2D eigenvalue weighted by atomic mass is 16.5. The fraction of sp³-hybridized carbons (Fsp3) is 0.333. The van der Waals surface area contributed by atoms with Crippen LogP contribution in [0.4, 0.5) is 0 Å². The van der Waals surface area contributed by atoms with Crippen molar-refractivity contribution in [3.8, 4) is 16.9 Å². The lowest BCUT2D eigenvalue weighted by Crippen LogP contribution is -2.33. The van der Waals surface area contributed by atoms with Crippen LogP contribution >= 0.6 is 0 Å². The molecule has 2 aromatic rings. The number of carbonyl (C=O) groups excluding carboxylic acids is 2. The van der Waals surface area contributed by atoms with E-state index in [9.17, 15) is 9.59 Å². The first-order valence-corrected chi connectivity index (χ1v) is 8.93. The maximum Gasteiger partial charge on any atom is 0.257 e. The third kappa shape index (κ3) is 4.04. The van der Waals surface area contributed by atoms with E-state index in [0.717, 1.165) is 36.1 Å². The zero-order valence-electron chi connectivity index (χ0n) is 15.2. The highest BCUT2D eigenvalue weighted by Crippen LogP contribution is 2.25. The van der Waals surface area contributed by atoms with Crippen LogP contribution in [0.1, 0.15) is 30.1 Å². The van der Waals surface area contributed by atoms with E-state index in [1.54, 1.807) is 7.05 Å². The Morgan fingerprint density at radius 3 is 2.58 bits per heavy atom. The lowest BCUT2D eigenvalue weighted by atomic mass is 10.0. The number of benzene rings is 2. The molecule has 3 rings (SSSR count). The summed E-state index contributed by atoms with van der Waals surface area (Å²) >= 11 is 0. The molecule has 26 heavy (non-hydrogen) atoms. The highest BCUT2D eigenvalue weighted by molar-refractivity contribution is 5.95. The Balaban J connectivity index is 1.73. The average Bonchev–Trinajstić information content (AvgIpc) is 3.12. The number of likely N-dealkylation sites (N-methyl/N-ethyl adjacent to an activating group) is 1. The monoisotopic (exact) mass is 352 g/mol. The quantitative estimate of drug-likeness (QED) is 0.899. The van der Waals surface area contributed by atoms with Crippen molar-refractivity contribution in [2.24, 2.45) is 0 Å². The first-order chi connectivity index (χ1) is 12.6. The van der Waals surface area contributed by atoms with Crippen molar-refractivity contribution in [1.82, 2.24) is 10.2 Å². The summed E-state index contributed by atoms with van der Waals surface area (Å²) in [5, 5.41) is 2.52. The van der Waals surface area contributed by atoms with Gasteiger partial charge in [-0.05, 0) is 55.2 Å². The molecule has 1 unspecified atom stereocenters. The van der Waals surface area contributed by atoms with Gasteiger partial charge in [0.05, 0.1) is 0 Å². The Kier molecular flexibility index (Phi) is 5.56. The summed E-state index contributed by atoms with van der Waals surface area (Å²) in [5.41, 5.74) is 2.71. The summed E-state index contributed by atoms with van der Waals surface area (Å²) in [5.74, 6) is 0.564. The van der Waals surface area contributed by atoms with Gasteiger partial charge in [-0.25, -0.2) is 0 Å². The van der Waals surface area contributed by atoms with E-state index in [2.05, 4.69) is 12.2 Å². The first-order valence-electron chi connectivity index (χ1n) is 8.93. The number of hydrogen-bond donors (Lipinski definition) is 1.